The molecule has 1 aliphatic carbocycles. The van der Waals surface area contributed by atoms with Gasteiger partial charge in [0.25, 0.3) is 0 Å². The van der Waals surface area contributed by atoms with Gasteiger partial charge in [0.05, 0.1) is 6.33 Å². The van der Waals surface area contributed by atoms with Crippen LogP contribution in [0.25, 0.3) is 0 Å². The quantitative estimate of drug-likeness (QED) is 0.743. The van der Waals surface area contributed by atoms with Crippen molar-refractivity contribution in [3.05, 3.63) is 18.7 Å². The van der Waals surface area contributed by atoms with E-state index in [1.165, 1.54) is 0 Å². The Morgan fingerprint density at radius 1 is 1.63 bits per heavy atom. The first-order valence-corrected chi connectivity index (χ1v) is 7.95. The molecule has 106 valence electrons. The lowest BCUT2D eigenvalue weighted by molar-refractivity contribution is -0.129. The van der Waals surface area contributed by atoms with Crippen molar-refractivity contribution in [3.8, 4) is 0 Å². The van der Waals surface area contributed by atoms with Gasteiger partial charge in [0, 0.05) is 30.9 Å². The van der Waals surface area contributed by atoms with Crippen LogP contribution in [0.1, 0.15) is 19.3 Å². The first kappa shape index (κ1) is 14.4. The molecular weight excluding hydrogens is 262 g/mol. The fourth-order valence-electron chi connectivity index (χ4n) is 2.09. The summed E-state index contributed by atoms with van der Waals surface area (Å²) in [6, 6.07) is 0. The number of thioether (sulfide) groups is 1. The molecule has 0 aromatic carbocycles. The van der Waals surface area contributed by atoms with Crippen LogP contribution >= 0.6 is 11.8 Å². The summed E-state index contributed by atoms with van der Waals surface area (Å²) < 4.78 is 2.04. The molecule has 1 aromatic heterocycles. The van der Waals surface area contributed by atoms with E-state index in [9.17, 15) is 9.90 Å². The van der Waals surface area contributed by atoms with E-state index >= 15 is 0 Å². The van der Waals surface area contributed by atoms with Crippen LogP contribution in [-0.2, 0) is 11.3 Å². The lowest BCUT2D eigenvalue weighted by Crippen LogP contribution is -2.39. The minimum Gasteiger partial charge on any atom is -0.383 e. The third kappa shape index (κ3) is 4.24. The minimum absolute atomic E-state index is 0.162. The number of nitrogens with zero attached hydrogens (tertiary/aromatic N) is 2. The van der Waals surface area contributed by atoms with Gasteiger partial charge < -0.3 is 15.0 Å². The number of aliphatic hydroxyl groups is 1. The largest absolute Gasteiger partial charge is 0.383 e. The summed E-state index contributed by atoms with van der Waals surface area (Å²) in [5.41, 5.74) is 0.162. The molecule has 1 aromatic rings. The molecule has 1 atom stereocenters. The number of amides is 1. The molecule has 2 rings (SSSR count). The van der Waals surface area contributed by atoms with Crippen LogP contribution in [-0.4, -0.2) is 45.2 Å². The minimum atomic E-state index is -0.878. The number of nitrogens with one attached hydrogen (secondary N) is 1. The first-order valence-electron chi connectivity index (χ1n) is 6.56. The molecule has 0 spiro atoms. The number of aliphatic hydroxyl groups excluding tert-OH is 1. The summed E-state index contributed by atoms with van der Waals surface area (Å²) in [5.74, 6) is 0.556. The Bertz CT molecular complexity index is 404. The molecule has 1 saturated carbocycles. The zero-order chi connectivity index (χ0) is 13.7. The van der Waals surface area contributed by atoms with Crippen molar-refractivity contribution in [1.82, 2.24) is 14.9 Å². The van der Waals surface area contributed by atoms with Crippen molar-refractivity contribution in [2.24, 2.45) is 5.41 Å². The molecule has 1 heterocycles. The molecule has 0 bridgehead atoms. The maximum Gasteiger partial charge on any atom is 0.248 e. The molecule has 5 nitrogen and oxygen atoms in total. The normalized spacial score (nSPS) is 18.0. The maximum absolute atomic E-state index is 11.7. The fourth-order valence-corrected chi connectivity index (χ4v) is 2.55. The van der Waals surface area contributed by atoms with Crippen LogP contribution in [0.4, 0.5) is 0 Å². The Labute approximate surface area is 117 Å². The molecule has 1 fully saturated rings. The maximum atomic E-state index is 11.7. The third-order valence-electron chi connectivity index (χ3n) is 3.57. The molecular formula is C13H21N3O2S. The van der Waals surface area contributed by atoms with E-state index in [0.29, 0.717) is 13.0 Å². The number of hydrogen-bond donors (Lipinski definition) is 2. The van der Waals surface area contributed by atoms with E-state index in [0.717, 1.165) is 25.1 Å². The Morgan fingerprint density at radius 3 is 3.00 bits per heavy atom. The molecule has 2 N–H and O–H groups in total. The van der Waals surface area contributed by atoms with Gasteiger partial charge >= 0.3 is 0 Å². The van der Waals surface area contributed by atoms with Gasteiger partial charge in [-0.05, 0) is 31.3 Å². The van der Waals surface area contributed by atoms with Crippen LogP contribution in [0.5, 0.6) is 0 Å². The zero-order valence-corrected chi connectivity index (χ0v) is 12.0. The van der Waals surface area contributed by atoms with Crippen molar-refractivity contribution < 1.29 is 9.90 Å². The van der Waals surface area contributed by atoms with Gasteiger partial charge in [-0.2, -0.15) is 11.8 Å². The molecule has 19 heavy (non-hydrogen) atoms. The number of rotatable bonds is 8. The smallest absolute Gasteiger partial charge is 0.248 e. The zero-order valence-electron chi connectivity index (χ0n) is 11.2. The van der Waals surface area contributed by atoms with Crippen LogP contribution < -0.4 is 5.32 Å². The molecule has 1 amide bonds. The highest BCUT2D eigenvalue weighted by atomic mass is 32.2. The number of carbonyl (C=O) groups is 1. The van der Waals surface area contributed by atoms with Crippen LogP contribution in [0, 0.1) is 5.41 Å². The van der Waals surface area contributed by atoms with Crippen LogP contribution in [0.15, 0.2) is 18.7 Å². The van der Waals surface area contributed by atoms with Crippen molar-refractivity contribution >= 4 is 17.7 Å². The highest BCUT2D eigenvalue weighted by Gasteiger charge is 2.43. The third-order valence-corrected chi connectivity index (χ3v) is 4.21. The summed E-state index contributed by atoms with van der Waals surface area (Å²) in [5, 5.41) is 12.6. The molecule has 0 aliphatic heterocycles. The predicted octanol–water partition coefficient (Wildman–Crippen LogP) is 0.893. The molecule has 0 saturated heterocycles. The van der Waals surface area contributed by atoms with E-state index in [1.54, 1.807) is 24.3 Å². The number of aromatic nitrogens is 2. The number of imidazole rings is 1. The van der Waals surface area contributed by atoms with Gasteiger partial charge in [0.1, 0.15) is 6.10 Å². The van der Waals surface area contributed by atoms with Crippen molar-refractivity contribution in [1.29, 1.82) is 0 Å². The summed E-state index contributed by atoms with van der Waals surface area (Å²) >= 11 is 1.64. The Balaban J connectivity index is 1.74. The van der Waals surface area contributed by atoms with Gasteiger partial charge in [0.15, 0.2) is 0 Å². The fraction of sp³-hybridized carbons (Fsp3) is 0.692. The highest BCUT2D eigenvalue weighted by Crippen LogP contribution is 2.46. The first-order chi connectivity index (χ1) is 9.15. The van der Waals surface area contributed by atoms with Crippen molar-refractivity contribution in [3.63, 3.8) is 0 Å². The SMILES string of the molecule is CSCC[C@@H](O)C(=O)NCC1(Cn2ccnc2)CC1. The average Bonchev–Trinajstić information content (AvgIpc) is 2.98. The Kier molecular flexibility index (Phi) is 4.87. The second-order valence-electron chi connectivity index (χ2n) is 5.25. The average molecular weight is 283 g/mol. The summed E-state index contributed by atoms with van der Waals surface area (Å²) in [7, 11) is 0. The number of hydrogen-bond acceptors (Lipinski definition) is 4. The molecule has 0 unspecified atom stereocenters. The van der Waals surface area contributed by atoms with Crippen molar-refractivity contribution in [2.75, 3.05) is 18.6 Å². The second kappa shape index (κ2) is 6.43. The standard InChI is InChI=1S/C13H21N3O2S/c1-19-7-2-11(17)12(18)15-8-13(3-4-13)9-16-6-5-14-10-16/h5-6,10-11,17H,2-4,7-9H2,1H3,(H,15,18)/t11-/m1/s1. The van der Waals surface area contributed by atoms with E-state index in [2.05, 4.69) is 10.3 Å². The van der Waals surface area contributed by atoms with Gasteiger partial charge in [0.2, 0.25) is 5.91 Å². The van der Waals surface area contributed by atoms with Crippen LogP contribution in [0.3, 0.4) is 0 Å². The summed E-state index contributed by atoms with van der Waals surface area (Å²) in [6.45, 7) is 1.52. The monoisotopic (exact) mass is 283 g/mol. The van der Waals surface area contributed by atoms with Gasteiger partial charge in [-0.3, -0.25) is 4.79 Å². The van der Waals surface area contributed by atoms with E-state index in [-0.39, 0.29) is 11.3 Å². The highest BCUT2D eigenvalue weighted by molar-refractivity contribution is 7.98. The van der Waals surface area contributed by atoms with Crippen LogP contribution in [0.2, 0.25) is 0 Å². The lowest BCUT2D eigenvalue weighted by Gasteiger charge is -2.18. The topological polar surface area (TPSA) is 67.2 Å². The van der Waals surface area contributed by atoms with Gasteiger partial charge in [-0.1, -0.05) is 0 Å². The molecule has 1 aliphatic rings. The Morgan fingerprint density at radius 2 is 2.42 bits per heavy atom. The summed E-state index contributed by atoms with van der Waals surface area (Å²) in [4.78, 5) is 15.8. The number of carbonyl (C=O) groups excluding carboxylic acids is 1. The van der Waals surface area contributed by atoms with E-state index in [4.69, 9.17) is 0 Å². The van der Waals surface area contributed by atoms with E-state index in [1.807, 2.05) is 17.0 Å². The van der Waals surface area contributed by atoms with Gasteiger partial charge in [-0.15, -0.1) is 0 Å². The second-order valence-corrected chi connectivity index (χ2v) is 6.24. The molecule has 0 radical (unpaired) electrons. The lowest BCUT2D eigenvalue weighted by atomic mass is 10.1. The van der Waals surface area contributed by atoms with Gasteiger partial charge in [-0.25, -0.2) is 4.98 Å². The predicted molar refractivity (Wildman–Crippen MR) is 75.9 cm³/mol. The Hall–Kier alpha value is -1.01. The summed E-state index contributed by atoms with van der Waals surface area (Å²) in [6.07, 6.45) is 9.34. The van der Waals surface area contributed by atoms with E-state index < -0.39 is 6.10 Å². The molecule has 6 heteroatoms. The van der Waals surface area contributed by atoms with Crippen molar-refractivity contribution in [2.45, 2.75) is 31.9 Å².